The van der Waals surface area contributed by atoms with Crippen molar-refractivity contribution < 1.29 is 9.47 Å². The molecule has 2 heteroatoms. The second kappa shape index (κ2) is 11.0. The lowest BCUT2D eigenvalue weighted by Gasteiger charge is -2.16. The minimum absolute atomic E-state index is 0.459. The Morgan fingerprint density at radius 1 is 0.929 bits per heavy atom. The number of hydrogen-bond acceptors (Lipinski definition) is 2. The first-order valence-electron chi connectivity index (χ1n) is 6.04. The lowest BCUT2D eigenvalue weighted by molar-refractivity contribution is -0.000706. The summed E-state index contributed by atoms with van der Waals surface area (Å²) >= 11 is 0. The fourth-order valence-electron chi connectivity index (χ4n) is 1.48. The molecule has 0 N–H and O–H groups in total. The first-order valence-corrected chi connectivity index (χ1v) is 6.04. The van der Waals surface area contributed by atoms with Crippen molar-refractivity contribution in [3.63, 3.8) is 0 Å². The molecule has 0 amide bonds. The van der Waals surface area contributed by atoms with Crippen LogP contribution in [0.4, 0.5) is 0 Å². The summed E-state index contributed by atoms with van der Waals surface area (Å²) in [7, 11) is 0. The predicted molar refractivity (Wildman–Crippen MR) is 60.7 cm³/mol. The molecule has 14 heavy (non-hydrogen) atoms. The molecule has 0 aromatic carbocycles. The Balaban J connectivity index is 3.40. The maximum absolute atomic E-state index is 5.76. The highest BCUT2D eigenvalue weighted by molar-refractivity contribution is 4.57. The van der Waals surface area contributed by atoms with Gasteiger partial charge in [-0.05, 0) is 19.8 Å². The van der Waals surface area contributed by atoms with Gasteiger partial charge in [0.25, 0.3) is 0 Å². The summed E-state index contributed by atoms with van der Waals surface area (Å²) in [6.45, 7) is 8.73. The third-order valence-corrected chi connectivity index (χ3v) is 2.28. The van der Waals surface area contributed by atoms with Crippen molar-refractivity contribution in [3.05, 3.63) is 0 Å². The van der Waals surface area contributed by atoms with Gasteiger partial charge in [0.05, 0.1) is 19.3 Å². The number of rotatable bonds is 10. The summed E-state index contributed by atoms with van der Waals surface area (Å²) in [5.41, 5.74) is 0. The van der Waals surface area contributed by atoms with E-state index in [1.165, 1.54) is 32.1 Å². The lowest BCUT2D eigenvalue weighted by atomic mass is 10.1. The predicted octanol–water partition coefficient (Wildman–Crippen LogP) is 3.40. The Morgan fingerprint density at radius 3 is 2.29 bits per heavy atom. The summed E-state index contributed by atoms with van der Waals surface area (Å²) in [6, 6.07) is 0. The Morgan fingerprint density at radius 2 is 1.71 bits per heavy atom. The molecule has 0 heterocycles. The van der Waals surface area contributed by atoms with Crippen LogP contribution in [0.3, 0.4) is 0 Å². The van der Waals surface area contributed by atoms with Gasteiger partial charge in [-0.25, -0.2) is 0 Å². The fraction of sp³-hybridized carbons (Fsp3) is 1.00. The Bertz CT molecular complexity index is 104. The molecule has 1 unspecified atom stereocenters. The van der Waals surface area contributed by atoms with Crippen molar-refractivity contribution in [2.45, 2.75) is 59.0 Å². The maximum Gasteiger partial charge on any atom is 0.0704 e. The molecule has 0 spiro atoms. The topological polar surface area (TPSA) is 18.5 Å². The van der Waals surface area contributed by atoms with E-state index in [0.717, 1.165) is 19.8 Å². The van der Waals surface area contributed by atoms with Crippen LogP contribution < -0.4 is 0 Å². The van der Waals surface area contributed by atoms with E-state index in [2.05, 4.69) is 13.8 Å². The third kappa shape index (κ3) is 8.52. The molecule has 0 aromatic heterocycles. The second-order valence-electron chi connectivity index (χ2n) is 3.62. The van der Waals surface area contributed by atoms with E-state index in [4.69, 9.17) is 9.47 Å². The van der Waals surface area contributed by atoms with Gasteiger partial charge in [-0.1, -0.05) is 33.1 Å². The molecule has 0 aliphatic carbocycles. The lowest BCUT2D eigenvalue weighted by Crippen LogP contribution is -2.16. The molecule has 86 valence electrons. The molecule has 0 saturated carbocycles. The summed E-state index contributed by atoms with van der Waals surface area (Å²) in [6.07, 6.45) is 6.60. The molecule has 0 aliphatic heterocycles. The van der Waals surface area contributed by atoms with Gasteiger partial charge < -0.3 is 9.47 Å². The zero-order valence-corrected chi connectivity index (χ0v) is 10.1. The molecule has 0 fully saturated rings. The highest BCUT2D eigenvalue weighted by atomic mass is 16.5. The van der Waals surface area contributed by atoms with Crippen LogP contribution in [0.25, 0.3) is 0 Å². The SMILES string of the molecule is CCCCC(CCC)OCCOCC. The van der Waals surface area contributed by atoms with Crippen LogP contribution in [-0.4, -0.2) is 25.9 Å². The summed E-state index contributed by atoms with van der Waals surface area (Å²) in [5, 5.41) is 0. The standard InChI is InChI=1S/C12H26O2/c1-4-7-9-12(8-5-2)14-11-10-13-6-3/h12H,4-11H2,1-3H3. The van der Waals surface area contributed by atoms with Crippen molar-refractivity contribution in [3.8, 4) is 0 Å². The Kier molecular flexibility index (Phi) is 10.9. The van der Waals surface area contributed by atoms with Gasteiger partial charge >= 0.3 is 0 Å². The van der Waals surface area contributed by atoms with E-state index in [-0.39, 0.29) is 0 Å². The first-order chi connectivity index (χ1) is 6.85. The van der Waals surface area contributed by atoms with Crippen LogP contribution in [0.5, 0.6) is 0 Å². The smallest absolute Gasteiger partial charge is 0.0704 e. The number of ether oxygens (including phenoxy) is 2. The monoisotopic (exact) mass is 202 g/mol. The molecule has 0 aromatic rings. The molecule has 0 rings (SSSR count). The molecular weight excluding hydrogens is 176 g/mol. The normalized spacial score (nSPS) is 13.1. The second-order valence-corrected chi connectivity index (χ2v) is 3.62. The van der Waals surface area contributed by atoms with Crippen molar-refractivity contribution in [2.24, 2.45) is 0 Å². The van der Waals surface area contributed by atoms with Crippen molar-refractivity contribution in [1.29, 1.82) is 0 Å². The molecule has 1 atom stereocenters. The Labute approximate surface area is 89.0 Å². The van der Waals surface area contributed by atoms with Gasteiger partial charge in [0.1, 0.15) is 0 Å². The van der Waals surface area contributed by atoms with Gasteiger partial charge in [-0.2, -0.15) is 0 Å². The van der Waals surface area contributed by atoms with Crippen molar-refractivity contribution in [2.75, 3.05) is 19.8 Å². The molecule has 0 aliphatic rings. The minimum atomic E-state index is 0.459. The van der Waals surface area contributed by atoms with Gasteiger partial charge in [-0.15, -0.1) is 0 Å². The zero-order valence-electron chi connectivity index (χ0n) is 10.1. The van der Waals surface area contributed by atoms with E-state index >= 15 is 0 Å². The van der Waals surface area contributed by atoms with Crippen LogP contribution in [0, 0.1) is 0 Å². The van der Waals surface area contributed by atoms with Crippen molar-refractivity contribution in [1.82, 2.24) is 0 Å². The van der Waals surface area contributed by atoms with Crippen LogP contribution in [-0.2, 0) is 9.47 Å². The van der Waals surface area contributed by atoms with E-state index in [9.17, 15) is 0 Å². The van der Waals surface area contributed by atoms with E-state index in [1.54, 1.807) is 0 Å². The van der Waals surface area contributed by atoms with Crippen LogP contribution >= 0.6 is 0 Å². The van der Waals surface area contributed by atoms with Crippen LogP contribution in [0.15, 0.2) is 0 Å². The highest BCUT2D eigenvalue weighted by Gasteiger charge is 2.06. The van der Waals surface area contributed by atoms with Crippen molar-refractivity contribution >= 4 is 0 Å². The average Bonchev–Trinajstić information content (AvgIpc) is 2.20. The van der Waals surface area contributed by atoms with Gasteiger partial charge in [0, 0.05) is 6.61 Å². The molecular formula is C12H26O2. The molecule has 0 radical (unpaired) electrons. The summed E-state index contributed by atoms with van der Waals surface area (Å²) in [4.78, 5) is 0. The van der Waals surface area contributed by atoms with Crippen LogP contribution in [0.2, 0.25) is 0 Å². The first kappa shape index (κ1) is 13.9. The minimum Gasteiger partial charge on any atom is -0.379 e. The van der Waals surface area contributed by atoms with Gasteiger partial charge in [0.15, 0.2) is 0 Å². The highest BCUT2D eigenvalue weighted by Crippen LogP contribution is 2.10. The quantitative estimate of drug-likeness (QED) is 0.505. The maximum atomic E-state index is 5.76. The zero-order chi connectivity index (χ0) is 10.6. The number of unbranched alkanes of at least 4 members (excludes halogenated alkanes) is 1. The molecule has 2 nitrogen and oxygen atoms in total. The van der Waals surface area contributed by atoms with Gasteiger partial charge in [0.2, 0.25) is 0 Å². The number of hydrogen-bond donors (Lipinski definition) is 0. The third-order valence-electron chi connectivity index (χ3n) is 2.28. The van der Waals surface area contributed by atoms with E-state index < -0.39 is 0 Å². The summed E-state index contributed by atoms with van der Waals surface area (Å²) < 4.78 is 11.0. The Hall–Kier alpha value is -0.0800. The van der Waals surface area contributed by atoms with E-state index in [1.807, 2.05) is 6.92 Å². The largest absolute Gasteiger partial charge is 0.379 e. The average molecular weight is 202 g/mol. The molecule has 0 saturated heterocycles. The van der Waals surface area contributed by atoms with Crippen LogP contribution in [0.1, 0.15) is 52.9 Å². The van der Waals surface area contributed by atoms with Gasteiger partial charge in [-0.3, -0.25) is 0 Å². The van der Waals surface area contributed by atoms with E-state index in [0.29, 0.717) is 6.10 Å². The summed E-state index contributed by atoms with van der Waals surface area (Å²) in [5.74, 6) is 0. The fourth-order valence-corrected chi connectivity index (χ4v) is 1.48. The molecule has 0 bridgehead atoms.